The van der Waals surface area contributed by atoms with Gasteiger partial charge in [-0.25, -0.2) is 17.2 Å². The van der Waals surface area contributed by atoms with E-state index < -0.39 is 44.3 Å². The lowest BCUT2D eigenvalue weighted by molar-refractivity contribution is -0.137. The number of benzene rings is 1. The van der Waals surface area contributed by atoms with E-state index in [-0.39, 0.29) is 37.6 Å². The van der Waals surface area contributed by atoms with E-state index >= 15 is 0 Å². The molecule has 1 saturated heterocycles. The molecule has 1 amide bonds. The third-order valence-corrected chi connectivity index (χ3v) is 6.30. The molecule has 0 atom stereocenters. The number of esters is 1. The van der Waals surface area contributed by atoms with Crippen LogP contribution in [-0.4, -0.2) is 74.8 Å². The number of carbonyl (C=O) groups excluding carboxylic acids is 2. The Morgan fingerprint density at radius 2 is 1.77 bits per heavy atom. The Morgan fingerprint density at radius 1 is 1.20 bits per heavy atom. The molecular formula is C17H19ClF2N4O5S. The summed E-state index contributed by atoms with van der Waals surface area (Å²) >= 11 is 6.07. The molecule has 0 bridgehead atoms. The number of piperazine rings is 1. The van der Waals surface area contributed by atoms with Crippen LogP contribution in [0.1, 0.15) is 0 Å². The van der Waals surface area contributed by atoms with E-state index in [0.717, 1.165) is 29.8 Å². The summed E-state index contributed by atoms with van der Waals surface area (Å²) < 4.78 is 56.4. The molecule has 1 aromatic carbocycles. The van der Waals surface area contributed by atoms with Gasteiger partial charge in [0.1, 0.15) is 16.7 Å². The maximum atomic E-state index is 13.3. The second-order valence-corrected chi connectivity index (χ2v) is 8.52. The number of amides is 1. The minimum atomic E-state index is -3.86. The molecule has 164 valence electrons. The van der Waals surface area contributed by atoms with Crippen LogP contribution in [0.25, 0.3) is 0 Å². The molecule has 1 fully saturated rings. The number of nitrogens with zero attached hydrogens (tertiary/aromatic N) is 2. The SMILES string of the molecule is COC(=O)CS(=O)(=O)N1CCN(/C(C=N)=C(\Cl)C(=O)Nc2cc(F)cc(F)c2)CC1. The van der Waals surface area contributed by atoms with E-state index in [0.29, 0.717) is 6.07 Å². The van der Waals surface area contributed by atoms with Crippen molar-refractivity contribution < 1.29 is 31.5 Å². The molecule has 1 heterocycles. The number of hydrogen-bond donors (Lipinski definition) is 2. The number of nitrogens with one attached hydrogen (secondary N) is 2. The van der Waals surface area contributed by atoms with Crippen LogP contribution < -0.4 is 5.32 Å². The first kappa shape index (κ1) is 23.7. The van der Waals surface area contributed by atoms with Gasteiger partial charge >= 0.3 is 5.97 Å². The molecule has 1 aromatic rings. The number of anilines is 1. The lowest BCUT2D eigenvalue weighted by Gasteiger charge is -2.35. The fourth-order valence-corrected chi connectivity index (χ4v) is 4.27. The van der Waals surface area contributed by atoms with Gasteiger partial charge in [-0.05, 0) is 12.1 Å². The van der Waals surface area contributed by atoms with Crippen molar-refractivity contribution in [1.82, 2.24) is 9.21 Å². The van der Waals surface area contributed by atoms with E-state index in [1.54, 1.807) is 0 Å². The second kappa shape index (κ2) is 9.96. The molecule has 30 heavy (non-hydrogen) atoms. The Kier molecular flexibility index (Phi) is 7.87. The van der Waals surface area contributed by atoms with Gasteiger partial charge in [-0.3, -0.25) is 9.59 Å². The highest BCUT2D eigenvalue weighted by Gasteiger charge is 2.30. The highest BCUT2D eigenvalue weighted by molar-refractivity contribution is 7.89. The molecular weight excluding hydrogens is 446 g/mol. The summed E-state index contributed by atoms with van der Waals surface area (Å²) in [6.07, 6.45) is 0.826. The number of carbonyl (C=O) groups is 2. The maximum Gasteiger partial charge on any atom is 0.322 e. The highest BCUT2D eigenvalue weighted by Crippen LogP contribution is 2.20. The van der Waals surface area contributed by atoms with Gasteiger partial charge in [-0.2, -0.15) is 4.31 Å². The third-order valence-electron chi connectivity index (χ3n) is 4.18. The zero-order valence-electron chi connectivity index (χ0n) is 15.8. The quantitative estimate of drug-likeness (QED) is 0.354. The predicted molar refractivity (Wildman–Crippen MR) is 106 cm³/mol. The van der Waals surface area contributed by atoms with Gasteiger partial charge < -0.3 is 20.4 Å². The molecule has 0 saturated carbocycles. The molecule has 0 radical (unpaired) electrons. The van der Waals surface area contributed by atoms with Gasteiger partial charge in [-0.15, -0.1) is 0 Å². The largest absolute Gasteiger partial charge is 0.468 e. The van der Waals surface area contributed by atoms with E-state index in [1.807, 2.05) is 0 Å². The second-order valence-electron chi connectivity index (χ2n) is 6.17. The standard InChI is InChI=1S/C17H19ClF2N4O5S/c1-29-15(25)10-30(27,28)24-4-2-23(3-5-24)14(9-21)16(18)17(26)22-13-7-11(19)6-12(20)8-13/h6-9,21H,2-5,10H2,1H3,(H,22,26)/b16-14-,21-9?. The summed E-state index contributed by atoms with van der Waals surface area (Å²) in [6.45, 7) is 0.196. The summed E-state index contributed by atoms with van der Waals surface area (Å²) in [4.78, 5) is 25.1. The molecule has 13 heteroatoms. The van der Waals surface area contributed by atoms with Crippen LogP contribution in [0.3, 0.4) is 0 Å². The van der Waals surface area contributed by atoms with E-state index in [9.17, 15) is 26.8 Å². The molecule has 1 aliphatic rings. The molecule has 9 nitrogen and oxygen atoms in total. The van der Waals surface area contributed by atoms with Crippen molar-refractivity contribution in [3.63, 3.8) is 0 Å². The Hall–Kier alpha value is -2.57. The van der Waals surface area contributed by atoms with Crippen molar-refractivity contribution in [2.24, 2.45) is 0 Å². The Morgan fingerprint density at radius 3 is 2.27 bits per heavy atom. The number of halogens is 3. The van der Waals surface area contributed by atoms with E-state index in [1.165, 1.54) is 4.90 Å². The molecule has 2 N–H and O–H groups in total. The number of sulfonamides is 1. The summed E-state index contributed by atoms with van der Waals surface area (Å²) in [5.74, 6) is -4.33. The summed E-state index contributed by atoms with van der Waals surface area (Å²) in [7, 11) is -2.77. The van der Waals surface area contributed by atoms with Crippen molar-refractivity contribution in [2.45, 2.75) is 0 Å². The Labute approximate surface area is 176 Å². The first-order valence-electron chi connectivity index (χ1n) is 8.54. The minimum Gasteiger partial charge on any atom is -0.468 e. The third kappa shape index (κ3) is 5.97. The van der Waals surface area contributed by atoms with Crippen molar-refractivity contribution in [3.8, 4) is 0 Å². The van der Waals surface area contributed by atoms with Crippen LogP contribution >= 0.6 is 11.6 Å². The smallest absolute Gasteiger partial charge is 0.322 e. The molecule has 0 unspecified atom stereocenters. The Bertz CT molecular complexity index is 958. The number of methoxy groups -OCH3 is 1. The zero-order valence-corrected chi connectivity index (χ0v) is 17.4. The number of ether oxygens (including phenoxy) is 1. The van der Waals surface area contributed by atoms with E-state index in [4.69, 9.17) is 17.0 Å². The molecule has 2 rings (SSSR count). The lowest BCUT2D eigenvalue weighted by atomic mass is 10.2. The molecule has 1 aliphatic heterocycles. The van der Waals surface area contributed by atoms with Gasteiger partial charge in [0.05, 0.1) is 12.8 Å². The highest BCUT2D eigenvalue weighted by atomic mass is 35.5. The molecule has 0 spiro atoms. The minimum absolute atomic E-state index is 0.00242. The molecule has 0 aromatic heterocycles. The van der Waals surface area contributed by atoms with Crippen molar-refractivity contribution in [1.29, 1.82) is 5.41 Å². The average Bonchev–Trinajstić information content (AvgIpc) is 2.67. The summed E-state index contributed by atoms with van der Waals surface area (Å²) in [5, 5.41) is 9.40. The van der Waals surface area contributed by atoms with Crippen LogP contribution in [-0.2, 0) is 24.3 Å². The fraction of sp³-hybridized carbons (Fsp3) is 0.353. The topological polar surface area (TPSA) is 120 Å². The van der Waals surface area contributed by atoms with Gasteiger partial charge in [-0.1, -0.05) is 11.6 Å². The van der Waals surface area contributed by atoms with Gasteiger partial charge in [0.2, 0.25) is 10.0 Å². The van der Waals surface area contributed by atoms with Gasteiger partial charge in [0, 0.05) is 44.1 Å². The number of hydrogen-bond acceptors (Lipinski definition) is 7. The lowest BCUT2D eigenvalue weighted by Crippen LogP contribution is -2.50. The van der Waals surface area contributed by atoms with Crippen LogP contribution in [0.5, 0.6) is 0 Å². The summed E-state index contributed by atoms with van der Waals surface area (Å²) in [5.41, 5.74) is -0.144. The predicted octanol–water partition coefficient (Wildman–Crippen LogP) is 1.12. The van der Waals surface area contributed by atoms with Crippen LogP contribution in [0.15, 0.2) is 28.9 Å². The zero-order chi connectivity index (χ0) is 22.5. The average molecular weight is 465 g/mol. The van der Waals surface area contributed by atoms with Crippen molar-refractivity contribution in [2.75, 3.05) is 44.4 Å². The van der Waals surface area contributed by atoms with E-state index in [2.05, 4.69) is 10.1 Å². The van der Waals surface area contributed by atoms with Gasteiger partial charge in [0.15, 0.2) is 5.75 Å². The first-order valence-corrected chi connectivity index (χ1v) is 10.5. The monoisotopic (exact) mass is 464 g/mol. The van der Waals surface area contributed by atoms with Crippen molar-refractivity contribution in [3.05, 3.63) is 40.6 Å². The number of rotatable bonds is 7. The van der Waals surface area contributed by atoms with Crippen molar-refractivity contribution >= 4 is 45.4 Å². The number of allylic oxidation sites excluding steroid dienone is 1. The Balaban J connectivity index is 2.10. The van der Waals surface area contributed by atoms with Gasteiger partial charge in [0.25, 0.3) is 5.91 Å². The van der Waals surface area contributed by atoms with Crippen LogP contribution in [0.2, 0.25) is 0 Å². The van der Waals surface area contributed by atoms with Crippen LogP contribution in [0.4, 0.5) is 14.5 Å². The normalized spacial score (nSPS) is 15.9. The first-order chi connectivity index (χ1) is 14.1. The maximum absolute atomic E-state index is 13.3. The summed E-state index contributed by atoms with van der Waals surface area (Å²) in [6, 6.07) is 2.45. The fourth-order valence-electron chi connectivity index (χ4n) is 2.73. The van der Waals surface area contributed by atoms with Crippen LogP contribution in [0, 0.1) is 17.0 Å². The molecule has 0 aliphatic carbocycles.